The van der Waals surface area contributed by atoms with E-state index in [9.17, 15) is 16.8 Å². The van der Waals surface area contributed by atoms with Crippen LogP contribution in [0.3, 0.4) is 0 Å². The summed E-state index contributed by atoms with van der Waals surface area (Å²) in [5, 5.41) is 16.9. The van der Waals surface area contributed by atoms with Gasteiger partial charge in [0.25, 0.3) is 0 Å². The first kappa shape index (κ1) is 27.8. The fraction of sp³-hybridized carbons (Fsp3) is 0.895. The summed E-state index contributed by atoms with van der Waals surface area (Å²) in [4.78, 5) is 0. The van der Waals surface area contributed by atoms with Crippen LogP contribution in [0.15, 0.2) is 0 Å². The first-order valence-corrected chi connectivity index (χ1v) is 13.3. The van der Waals surface area contributed by atoms with Gasteiger partial charge in [-0.25, -0.2) is 26.3 Å². The second kappa shape index (κ2) is 14.7. The Bertz CT molecular complexity index is 673. The summed E-state index contributed by atoms with van der Waals surface area (Å²) in [6.07, 6.45) is 9.37. The zero-order valence-electron chi connectivity index (χ0n) is 17.7. The van der Waals surface area contributed by atoms with Gasteiger partial charge < -0.3 is 0 Å². The molecule has 168 valence electrons. The van der Waals surface area contributed by atoms with Crippen molar-refractivity contribution in [2.45, 2.75) is 95.0 Å². The molecule has 0 aromatic carbocycles. The Labute approximate surface area is 177 Å². The molecule has 0 spiro atoms. The number of nitrogens with zero attached hydrogens (tertiary/aromatic N) is 2. The van der Waals surface area contributed by atoms with Crippen LogP contribution in [0.1, 0.15) is 90.9 Å². The van der Waals surface area contributed by atoms with E-state index in [0.29, 0.717) is 25.7 Å². The van der Waals surface area contributed by atoms with E-state index in [-0.39, 0.29) is 13.1 Å². The van der Waals surface area contributed by atoms with E-state index in [1.807, 2.05) is 0 Å². The standard InChI is InChI=1S/C19H36N4O4S2/c1-19(2,28(24,25)22-17-13-9-5-3-7-11-15-20)29(26,27)23-18-14-10-6-4-8-12-16-21/h22-23H,3-14,17-18H2,1-2H3. The highest BCUT2D eigenvalue weighted by Gasteiger charge is 2.46. The minimum Gasteiger partial charge on any atom is -0.214 e. The zero-order valence-corrected chi connectivity index (χ0v) is 19.4. The highest BCUT2D eigenvalue weighted by molar-refractivity contribution is 8.08. The third-order valence-corrected chi connectivity index (χ3v) is 9.88. The molecule has 0 aromatic rings. The summed E-state index contributed by atoms with van der Waals surface area (Å²) in [6.45, 7) is 2.79. The lowest BCUT2D eigenvalue weighted by atomic mass is 10.1. The molecular weight excluding hydrogens is 412 g/mol. The maximum Gasteiger partial charge on any atom is 0.232 e. The SMILES string of the molecule is CC(C)(S(=O)(=O)NCCCCCCCC#N)S(=O)(=O)NCCCCCCCC#N. The molecule has 0 aliphatic rings. The molecule has 0 rings (SSSR count). The Morgan fingerprint density at radius 2 is 0.931 bits per heavy atom. The van der Waals surface area contributed by atoms with Crippen molar-refractivity contribution in [2.75, 3.05) is 13.1 Å². The maximum atomic E-state index is 12.5. The molecular formula is C19H36N4O4S2. The molecule has 0 aliphatic carbocycles. The zero-order chi connectivity index (χ0) is 22.2. The fourth-order valence-electron chi connectivity index (χ4n) is 2.62. The van der Waals surface area contributed by atoms with E-state index in [1.54, 1.807) is 0 Å². The molecule has 0 unspecified atom stereocenters. The van der Waals surface area contributed by atoms with Crippen molar-refractivity contribution in [2.24, 2.45) is 0 Å². The van der Waals surface area contributed by atoms with Gasteiger partial charge >= 0.3 is 0 Å². The maximum absolute atomic E-state index is 12.5. The van der Waals surface area contributed by atoms with Gasteiger partial charge in [0.2, 0.25) is 20.0 Å². The molecule has 0 heterocycles. The molecule has 0 aromatic heterocycles. The lowest BCUT2D eigenvalue weighted by Crippen LogP contribution is -2.52. The van der Waals surface area contributed by atoms with Crippen molar-refractivity contribution < 1.29 is 16.8 Å². The minimum absolute atomic E-state index is 0.197. The van der Waals surface area contributed by atoms with E-state index < -0.39 is 24.1 Å². The average Bonchev–Trinajstić information content (AvgIpc) is 2.65. The number of nitrogens with one attached hydrogen (secondary N) is 2. The third-order valence-electron chi connectivity index (χ3n) is 4.81. The van der Waals surface area contributed by atoms with Crippen LogP contribution in [-0.4, -0.2) is 34.0 Å². The fourth-order valence-corrected chi connectivity index (χ4v) is 5.65. The van der Waals surface area contributed by atoms with Crippen LogP contribution in [0.25, 0.3) is 0 Å². The van der Waals surface area contributed by atoms with Crippen molar-refractivity contribution in [1.82, 2.24) is 9.44 Å². The molecule has 0 fully saturated rings. The average molecular weight is 449 g/mol. The Morgan fingerprint density at radius 1 is 0.621 bits per heavy atom. The molecule has 0 saturated heterocycles. The normalized spacial score (nSPS) is 12.4. The molecule has 2 N–H and O–H groups in total. The van der Waals surface area contributed by atoms with Crippen LogP contribution >= 0.6 is 0 Å². The molecule has 0 atom stereocenters. The Hall–Kier alpha value is -1.20. The number of rotatable bonds is 18. The minimum atomic E-state index is -4.05. The monoisotopic (exact) mass is 448 g/mol. The summed E-state index contributed by atoms with van der Waals surface area (Å²) >= 11 is 0. The lowest BCUT2D eigenvalue weighted by molar-refractivity contribution is 0.531. The summed E-state index contributed by atoms with van der Waals surface area (Å²) in [6, 6.07) is 4.17. The van der Waals surface area contributed by atoms with Crippen LogP contribution in [-0.2, 0) is 20.0 Å². The van der Waals surface area contributed by atoms with Crippen LogP contribution in [0, 0.1) is 22.7 Å². The summed E-state index contributed by atoms with van der Waals surface area (Å²) in [5.74, 6) is 0. The van der Waals surface area contributed by atoms with Gasteiger partial charge in [0.15, 0.2) is 4.08 Å². The smallest absolute Gasteiger partial charge is 0.214 e. The van der Waals surface area contributed by atoms with Gasteiger partial charge in [0.05, 0.1) is 12.1 Å². The van der Waals surface area contributed by atoms with Gasteiger partial charge in [-0.05, 0) is 39.5 Å². The van der Waals surface area contributed by atoms with E-state index in [4.69, 9.17) is 10.5 Å². The molecule has 10 heteroatoms. The molecule has 0 aliphatic heterocycles. The second-order valence-electron chi connectivity index (χ2n) is 7.55. The first-order valence-electron chi connectivity index (χ1n) is 10.3. The molecule has 0 saturated carbocycles. The van der Waals surface area contributed by atoms with Crippen LogP contribution < -0.4 is 9.44 Å². The second-order valence-corrected chi connectivity index (χ2v) is 12.4. The number of unbranched alkanes of at least 4 members (excludes halogenated alkanes) is 10. The quantitative estimate of drug-likeness (QED) is 0.308. The van der Waals surface area contributed by atoms with Gasteiger partial charge in [0.1, 0.15) is 0 Å². The Kier molecular flexibility index (Phi) is 14.1. The molecule has 29 heavy (non-hydrogen) atoms. The van der Waals surface area contributed by atoms with Gasteiger partial charge in [-0.1, -0.05) is 38.5 Å². The molecule has 0 amide bonds. The summed E-state index contributed by atoms with van der Waals surface area (Å²) < 4.78 is 52.9. The van der Waals surface area contributed by atoms with Crippen LogP contribution in [0.2, 0.25) is 0 Å². The number of sulfonamides is 2. The highest BCUT2D eigenvalue weighted by Crippen LogP contribution is 2.22. The highest BCUT2D eigenvalue weighted by atomic mass is 32.3. The number of hydrogen-bond donors (Lipinski definition) is 2. The Morgan fingerprint density at radius 3 is 1.28 bits per heavy atom. The largest absolute Gasteiger partial charge is 0.232 e. The van der Waals surface area contributed by atoms with Gasteiger partial charge in [-0.3, -0.25) is 0 Å². The Balaban J connectivity index is 4.29. The molecule has 8 nitrogen and oxygen atoms in total. The van der Waals surface area contributed by atoms with E-state index >= 15 is 0 Å². The van der Waals surface area contributed by atoms with Gasteiger partial charge in [0, 0.05) is 25.9 Å². The molecule has 0 bridgehead atoms. The number of hydrogen-bond acceptors (Lipinski definition) is 6. The van der Waals surface area contributed by atoms with Crippen molar-refractivity contribution >= 4 is 20.0 Å². The van der Waals surface area contributed by atoms with Crippen molar-refractivity contribution in [3.05, 3.63) is 0 Å². The van der Waals surface area contributed by atoms with E-state index in [2.05, 4.69) is 21.6 Å². The van der Waals surface area contributed by atoms with Gasteiger partial charge in [-0.2, -0.15) is 10.5 Å². The predicted octanol–water partition coefficient (Wildman–Crippen LogP) is 3.29. The predicted molar refractivity (Wildman–Crippen MR) is 115 cm³/mol. The molecule has 0 radical (unpaired) electrons. The topological polar surface area (TPSA) is 140 Å². The van der Waals surface area contributed by atoms with Crippen molar-refractivity contribution in [3.63, 3.8) is 0 Å². The summed E-state index contributed by atoms with van der Waals surface area (Å²) in [5.41, 5.74) is 0. The van der Waals surface area contributed by atoms with E-state index in [1.165, 1.54) is 13.8 Å². The lowest BCUT2D eigenvalue weighted by Gasteiger charge is -2.25. The number of nitriles is 2. The third kappa shape index (κ3) is 10.9. The van der Waals surface area contributed by atoms with E-state index in [0.717, 1.165) is 51.4 Å². The van der Waals surface area contributed by atoms with Crippen molar-refractivity contribution in [3.8, 4) is 12.1 Å². The van der Waals surface area contributed by atoms with Gasteiger partial charge in [-0.15, -0.1) is 0 Å². The summed E-state index contributed by atoms with van der Waals surface area (Å²) in [7, 11) is -8.10. The van der Waals surface area contributed by atoms with Crippen LogP contribution in [0.5, 0.6) is 0 Å². The first-order chi connectivity index (χ1) is 13.6. The van der Waals surface area contributed by atoms with Crippen molar-refractivity contribution in [1.29, 1.82) is 10.5 Å². The van der Waals surface area contributed by atoms with Crippen LogP contribution in [0.4, 0.5) is 0 Å².